The lowest BCUT2D eigenvalue weighted by molar-refractivity contribution is -0.0108. The Morgan fingerprint density at radius 1 is 1.36 bits per heavy atom. The van der Waals surface area contributed by atoms with Crippen molar-refractivity contribution in [1.29, 1.82) is 0 Å². The van der Waals surface area contributed by atoms with E-state index in [0.717, 1.165) is 6.42 Å². The van der Waals surface area contributed by atoms with Crippen molar-refractivity contribution in [2.45, 2.75) is 45.8 Å². The minimum absolute atomic E-state index is 0.177. The van der Waals surface area contributed by atoms with Crippen LogP contribution in [-0.2, 0) is 4.74 Å². The summed E-state index contributed by atoms with van der Waals surface area (Å²) in [5, 5.41) is 4.06. The first-order valence-corrected chi connectivity index (χ1v) is 8.29. The number of carbonyl (C=O) groups excluding carboxylic acids is 1. The van der Waals surface area contributed by atoms with Crippen molar-refractivity contribution in [3.63, 3.8) is 0 Å². The maximum atomic E-state index is 12.2. The van der Waals surface area contributed by atoms with Gasteiger partial charge in [0.15, 0.2) is 11.5 Å². The molecule has 8 heteroatoms. The summed E-state index contributed by atoms with van der Waals surface area (Å²) in [5.41, 5.74) is 0.514. The van der Waals surface area contributed by atoms with Crippen molar-refractivity contribution in [3.05, 3.63) is 24.2 Å². The van der Waals surface area contributed by atoms with E-state index in [1.54, 1.807) is 23.4 Å². The first kappa shape index (κ1) is 17.2. The monoisotopic (exact) mass is 346 g/mol. The molecule has 1 amide bonds. The first-order valence-electron chi connectivity index (χ1n) is 8.29. The maximum Gasteiger partial charge on any atom is 0.410 e. The molecule has 2 aromatic heterocycles. The Labute approximate surface area is 146 Å². The van der Waals surface area contributed by atoms with E-state index in [2.05, 4.69) is 15.1 Å². The topological polar surface area (TPSA) is 90.6 Å². The van der Waals surface area contributed by atoms with Gasteiger partial charge in [-0.25, -0.2) is 14.8 Å². The Morgan fingerprint density at radius 2 is 2.12 bits per heavy atom. The lowest BCUT2D eigenvalue weighted by Crippen LogP contribution is -2.47. The van der Waals surface area contributed by atoms with Gasteiger partial charge in [0.1, 0.15) is 11.3 Å². The van der Waals surface area contributed by atoms with E-state index >= 15 is 0 Å². The van der Waals surface area contributed by atoms with Crippen molar-refractivity contribution < 1.29 is 18.8 Å². The highest BCUT2D eigenvalue weighted by molar-refractivity contribution is 5.70. The zero-order valence-corrected chi connectivity index (χ0v) is 14.9. The van der Waals surface area contributed by atoms with E-state index in [9.17, 15) is 4.79 Å². The summed E-state index contributed by atoms with van der Waals surface area (Å²) in [6.07, 6.45) is 3.58. The van der Waals surface area contributed by atoms with Gasteiger partial charge < -0.3 is 14.0 Å². The van der Waals surface area contributed by atoms with E-state index < -0.39 is 5.60 Å². The summed E-state index contributed by atoms with van der Waals surface area (Å²) in [5.74, 6) is 1.00. The minimum Gasteiger partial charge on any atom is -0.476 e. The van der Waals surface area contributed by atoms with Crippen LogP contribution < -0.4 is 4.74 Å². The second kappa shape index (κ2) is 6.70. The lowest BCUT2D eigenvalue weighted by Gasteiger charge is -2.39. The quantitative estimate of drug-likeness (QED) is 0.839. The molecule has 0 bridgehead atoms. The van der Waals surface area contributed by atoms with Crippen LogP contribution in [0.5, 0.6) is 5.88 Å². The van der Waals surface area contributed by atoms with E-state index in [4.69, 9.17) is 14.0 Å². The van der Waals surface area contributed by atoms with Crippen LogP contribution in [0.1, 0.15) is 45.9 Å². The largest absolute Gasteiger partial charge is 0.476 e. The minimum atomic E-state index is -0.532. The number of rotatable bonds is 4. The number of aromatic nitrogens is 3. The fourth-order valence-electron chi connectivity index (χ4n) is 2.52. The molecule has 2 aromatic rings. The third kappa shape index (κ3) is 3.72. The smallest absolute Gasteiger partial charge is 0.410 e. The second-order valence-corrected chi connectivity index (χ2v) is 6.74. The fourth-order valence-corrected chi connectivity index (χ4v) is 2.52. The maximum absolute atomic E-state index is 12.2. The Kier molecular flexibility index (Phi) is 4.61. The van der Waals surface area contributed by atoms with Gasteiger partial charge in [-0.05, 0) is 34.1 Å². The number of ether oxygens (including phenoxy) is 2. The van der Waals surface area contributed by atoms with Crippen LogP contribution in [-0.4, -0.2) is 44.9 Å². The van der Waals surface area contributed by atoms with E-state index in [1.807, 2.05) is 27.7 Å². The molecule has 25 heavy (non-hydrogen) atoms. The van der Waals surface area contributed by atoms with E-state index in [0.29, 0.717) is 36.2 Å². The summed E-state index contributed by atoms with van der Waals surface area (Å²) in [7, 11) is 0. The Morgan fingerprint density at radius 3 is 2.76 bits per heavy atom. The summed E-state index contributed by atoms with van der Waals surface area (Å²) in [6, 6.07) is 1.59. The lowest BCUT2D eigenvalue weighted by atomic mass is 10.0. The summed E-state index contributed by atoms with van der Waals surface area (Å²) in [4.78, 5) is 22.3. The molecule has 1 aliphatic rings. The highest BCUT2D eigenvalue weighted by atomic mass is 16.6. The molecule has 0 radical (unpaired) electrons. The molecule has 134 valence electrons. The Balaban J connectivity index is 1.77. The zero-order chi connectivity index (χ0) is 18.0. The van der Waals surface area contributed by atoms with Gasteiger partial charge in [0.05, 0.1) is 12.6 Å². The summed E-state index contributed by atoms with van der Waals surface area (Å²) in [6.45, 7) is 8.51. The SMILES string of the molecule is CCOc1nccnc1-c1cc(C2CCN2C(=O)OC(C)(C)C)on1. The average molecular weight is 346 g/mol. The van der Waals surface area contributed by atoms with Gasteiger partial charge in [0.2, 0.25) is 5.88 Å². The Hall–Kier alpha value is -2.64. The third-order valence-electron chi connectivity index (χ3n) is 3.69. The van der Waals surface area contributed by atoms with Gasteiger partial charge in [-0.3, -0.25) is 4.90 Å². The van der Waals surface area contributed by atoms with Crippen LogP contribution in [0, 0.1) is 0 Å². The van der Waals surface area contributed by atoms with Gasteiger partial charge >= 0.3 is 6.09 Å². The van der Waals surface area contributed by atoms with Gasteiger partial charge in [-0.2, -0.15) is 0 Å². The molecule has 0 N–H and O–H groups in total. The molecule has 0 aliphatic carbocycles. The molecule has 1 atom stereocenters. The molecule has 0 spiro atoms. The highest BCUT2D eigenvalue weighted by Crippen LogP contribution is 2.36. The van der Waals surface area contributed by atoms with Crippen LogP contribution in [0.25, 0.3) is 11.4 Å². The van der Waals surface area contributed by atoms with Gasteiger partial charge in [-0.15, -0.1) is 0 Å². The number of nitrogens with zero attached hydrogens (tertiary/aromatic N) is 4. The number of amides is 1. The molecule has 0 aromatic carbocycles. The predicted octanol–water partition coefficient (Wildman–Crippen LogP) is 3.21. The van der Waals surface area contributed by atoms with Gasteiger partial charge in [0.25, 0.3) is 0 Å². The zero-order valence-electron chi connectivity index (χ0n) is 14.9. The van der Waals surface area contributed by atoms with Gasteiger partial charge in [0, 0.05) is 25.0 Å². The van der Waals surface area contributed by atoms with Crippen LogP contribution in [0.2, 0.25) is 0 Å². The van der Waals surface area contributed by atoms with Crippen molar-refractivity contribution in [1.82, 2.24) is 20.0 Å². The number of likely N-dealkylation sites (tertiary alicyclic amines) is 1. The third-order valence-corrected chi connectivity index (χ3v) is 3.69. The van der Waals surface area contributed by atoms with E-state index in [-0.39, 0.29) is 12.1 Å². The fraction of sp³-hybridized carbons (Fsp3) is 0.529. The molecule has 1 fully saturated rings. The predicted molar refractivity (Wildman–Crippen MR) is 89.0 cm³/mol. The normalized spacial score (nSPS) is 17.1. The standard InChI is InChI=1S/C17H22N4O4/c1-5-23-15-14(18-7-8-19-15)11-10-13(25-20-11)12-6-9-21(12)16(22)24-17(2,3)4/h7-8,10,12H,5-6,9H2,1-4H3. The number of hydrogen-bond acceptors (Lipinski definition) is 7. The average Bonchev–Trinajstić information content (AvgIpc) is 2.94. The van der Waals surface area contributed by atoms with Gasteiger partial charge in [-0.1, -0.05) is 5.16 Å². The molecule has 1 unspecified atom stereocenters. The molecular formula is C17H22N4O4. The second-order valence-electron chi connectivity index (χ2n) is 6.74. The molecule has 1 aliphatic heterocycles. The van der Waals surface area contributed by atoms with Crippen LogP contribution in [0.4, 0.5) is 4.79 Å². The van der Waals surface area contributed by atoms with Crippen molar-refractivity contribution in [3.8, 4) is 17.3 Å². The van der Waals surface area contributed by atoms with Crippen LogP contribution >= 0.6 is 0 Å². The van der Waals surface area contributed by atoms with Crippen molar-refractivity contribution >= 4 is 6.09 Å². The molecule has 1 saturated heterocycles. The van der Waals surface area contributed by atoms with Crippen molar-refractivity contribution in [2.24, 2.45) is 0 Å². The molecule has 3 heterocycles. The first-order chi connectivity index (χ1) is 11.9. The van der Waals surface area contributed by atoms with Crippen molar-refractivity contribution in [2.75, 3.05) is 13.2 Å². The summed E-state index contributed by atoms with van der Waals surface area (Å²) >= 11 is 0. The van der Waals surface area contributed by atoms with Crippen LogP contribution in [0.3, 0.4) is 0 Å². The molecule has 3 rings (SSSR count). The molecule has 8 nitrogen and oxygen atoms in total. The van der Waals surface area contributed by atoms with Crippen LogP contribution in [0.15, 0.2) is 23.0 Å². The van der Waals surface area contributed by atoms with E-state index in [1.165, 1.54) is 0 Å². The molecular weight excluding hydrogens is 324 g/mol. The molecule has 0 saturated carbocycles. The number of carbonyl (C=O) groups is 1. The Bertz CT molecular complexity index is 753. The number of hydrogen-bond donors (Lipinski definition) is 0. The summed E-state index contributed by atoms with van der Waals surface area (Å²) < 4.78 is 16.3. The highest BCUT2D eigenvalue weighted by Gasteiger charge is 2.38.